The average Bonchev–Trinajstić information content (AvgIpc) is 2.79. The first kappa shape index (κ1) is 19.6. The molecule has 1 aliphatic heterocycles. The molecule has 152 valence electrons. The van der Waals surface area contributed by atoms with Crippen LogP contribution in [0.2, 0.25) is 0 Å². The minimum Gasteiger partial charge on any atom is -0.367 e. The number of hydrogen-bond donors (Lipinski definition) is 1. The highest BCUT2D eigenvalue weighted by Gasteiger charge is 2.16. The zero-order valence-corrected chi connectivity index (χ0v) is 16.6. The van der Waals surface area contributed by atoms with Gasteiger partial charge in [-0.15, -0.1) is 0 Å². The molecule has 0 fully saturated rings. The van der Waals surface area contributed by atoms with Crippen LogP contribution >= 0.6 is 0 Å². The summed E-state index contributed by atoms with van der Waals surface area (Å²) in [6.07, 6.45) is 1.76. The fourth-order valence-electron chi connectivity index (χ4n) is 3.77. The molecule has 0 radical (unpaired) electrons. The Hall–Kier alpha value is -3.67. The van der Waals surface area contributed by atoms with Crippen molar-refractivity contribution in [1.82, 2.24) is 5.32 Å². The second-order valence-corrected chi connectivity index (χ2v) is 7.42. The lowest BCUT2D eigenvalue weighted by molar-refractivity contribution is -0.384. The number of nitro benzene ring substituents is 1. The summed E-state index contributed by atoms with van der Waals surface area (Å²) in [5.41, 5.74) is 5.37. The Bertz CT molecular complexity index is 1060. The summed E-state index contributed by atoms with van der Waals surface area (Å²) in [5, 5.41) is 13.7. The Labute approximate surface area is 175 Å². The van der Waals surface area contributed by atoms with Gasteiger partial charge < -0.3 is 10.2 Å². The normalized spacial score (nSPS) is 12.9. The summed E-state index contributed by atoms with van der Waals surface area (Å²) < 4.78 is 0. The first-order chi connectivity index (χ1) is 14.6. The van der Waals surface area contributed by atoms with Crippen molar-refractivity contribution >= 4 is 17.3 Å². The lowest BCUT2D eigenvalue weighted by Gasteiger charge is -2.30. The number of fused-ring (bicyclic) bond motifs is 1. The first-order valence-corrected chi connectivity index (χ1v) is 10.0. The topological polar surface area (TPSA) is 75.5 Å². The van der Waals surface area contributed by atoms with Crippen molar-refractivity contribution in [3.05, 3.63) is 105 Å². The predicted molar refractivity (Wildman–Crippen MR) is 117 cm³/mol. The van der Waals surface area contributed by atoms with Gasteiger partial charge in [-0.1, -0.05) is 42.5 Å². The van der Waals surface area contributed by atoms with Gasteiger partial charge in [0.05, 0.1) is 4.92 Å². The van der Waals surface area contributed by atoms with Gasteiger partial charge in [0.15, 0.2) is 0 Å². The van der Waals surface area contributed by atoms with Gasteiger partial charge >= 0.3 is 0 Å². The number of nitrogens with one attached hydrogen (secondary N) is 1. The zero-order chi connectivity index (χ0) is 20.9. The SMILES string of the molecule is O=C(NCCc1ccc(N2CCc3ccccc3C2)cc1)c1cccc([N+](=O)[O-])c1. The van der Waals surface area contributed by atoms with E-state index in [1.807, 2.05) is 0 Å². The smallest absolute Gasteiger partial charge is 0.270 e. The Morgan fingerprint density at radius 1 is 1.00 bits per heavy atom. The van der Waals surface area contributed by atoms with E-state index in [1.165, 1.54) is 35.0 Å². The summed E-state index contributed by atoms with van der Waals surface area (Å²) in [4.78, 5) is 25.0. The Morgan fingerprint density at radius 3 is 2.53 bits per heavy atom. The Kier molecular flexibility index (Phi) is 5.75. The van der Waals surface area contributed by atoms with Gasteiger partial charge in [-0.2, -0.15) is 0 Å². The molecule has 3 aromatic rings. The lowest BCUT2D eigenvalue weighted by atomic mass is 9.99. The van der Waals surface area contributed by atoms with Crippen molar-refractivity contribution in [3.63, 3.8) is 0 Å². The van der Waals surface area contributed by atoms with Crippen LogP contribution in [0, 0.1) is 10.1 Å². The quantitative estimate of drug-likeness (QED) is 0.498. The molecule has 0 atom stereocenters. The van der Waals surface area contributed by atoms with Crippen molar-refractivity contribution in [2.75, 3.05) is 18.0 Å². The number of rotatable bonds is 6. The third-order valence-corrected chi connectivity index (χ3v) is 5.45. The minimum absolute atomic E-state index is 0.0847. The minimum atomic E-state index is -0.501. The fraction of sp³-hybridized carbons (Fsp3) is 0.208. The van der Waals surface area contributed by atoms with Crippen LogP contribution in [0.4, 0.5) is 11.4 Å². The number of benzene rings is 3. The van der Waals surface area contributed by atoms with Gasteiger partial charge in [0.25, 0.3) is 11.6 Å². The van der Waals surface area contributed by atoms with Gasteiger partial charge in [0.1, 0.15) is 0 Å². The molecule has 30 heavy (non-hydrogen) atoms. The van der Waals surface area contributed by atoms with E-state index in [9.17, 15) is 14.9 Å². The second kappa shape index (κ2) is 8.78. The van der Waals surface area contributed by atoms with Crippen LogP contribution < -0.4 is 10.2 Å². The molecule has 1 aliphatic rings. The first-order valence-electron chi connectivity index (χ1n) is 10.0. The number of carbonyl (C=O) groups excluding carboxylic acids is 1. The molecule has 0 unspecified atom stereocenters. The van der Waals surface area contributed by atoms with E-state index in [0.717, 1.165) is 25.1 Å². The third kappa shape index (κ3) is 4.49. The molecule has 0 aliphatic carbocycles. The molecule has 0 saturated heterocycles. The van der Waals surface area contributed by atoms with Crippen LogP contribution in [0.25, 0.3) is 0 Å². The van der Waals surface area contributed by atoms with Crippen molar-refractivity contribution in [2.45, 2.75) is 19.4 Å². The highest BCUT2D eigenvalue weighted by atomic mass is 16.6. The van der Waals surface area contributed by atoms with Crippen LogP contribution in [0.1, 0.15) is 27.0 Å². The van der Waals surface area contributed by atoms with E-state index < -0.39 is 4.92 Å². The van der Waals surface area contributed by atoms with Crippen LogP contribution in [-0.4, -0.2) is 23.9 Å². The molecule has 0 spiro atoms. The summed E-state index contributed by atoms with van der Waals surface area (Å²) in [6.45, 7) is 2.41. The Balaban J connectivity index is 1.31. The van der Waals surface area contributed by atoms with Crippen LogP contribution in [0.3, 0.4) is 0 Å². The molecule has 1 heterocycles. The van der Waals surface area contributed by atoms with E-state index >= 15 is 0 Å². The molecular weight excluding hydrogens is 378 g/mol. The predicted octanol–water partition coefficient (Wildman–Crippen LogP) is 4.13. The summed E-state index contributed by atoms with van der Waals surface area (Å²) >= 11 is 0. The highest BCUT2D eigenvalue weighted by Crippen LogP contribution is 2.24. The molecule has 0 saturated carbocycles. The van der Waals surface area contributed by atoms with Gasteiger partial charge in [0.2, 0.25) is 0 Å². The maximum absolute atomic E-state index is 12.2. The van der Waals surface area contributed by atoms with Gasteiger partial charge in [0, 0.05) is 43.0 Å². The molecule has 0 bridgehead atoms. The molecule has 6 nitrogen and oxygen atoms in total. The van der Waals surface area contributed by atoms with Gasteiger partial charge in [-0.3, -0.25) is 14.9 Å². The molecule has 3 aromatic carbocycles. The molecule has 1 amide bonds. The highest BCUT2D eigenvalue weighted by molar-refractivity contribution is 5.94. The van der Waals surface area contributed by atoms with Gasteiger partial charge in [-0.25, -0.2) is 0 Å². The van der Waals surface area contributed by atoms with Crippen LogP contribution in [0.15, 0.2) is 72.8 Å². The maximum Gasteiger partial charge on any atom is 0.270 e. The Morgan fingerprint density at radius 2 is 1.77 bits per heavy atom. The average molecular weight is 401 g/mol. The van der Waals surface area contributed by atoms with E-state index in [1.54, 1.807) is 6.07 Å². The van der Waals surface area contributed by atoms with Crippen molar-refractivity contribution < 1.29 is 9.72 Å². The van der Waals surface area contributed by atoms with E-state index in [2.05, 4.69) is 58.7 Å². The number of anilines is 1. The molecule has 1 N–H and O–H groups in total. The monoisotopic (exact) mass is 401 g/mol. The number of amides is 1. The lowest BCUT2D eigenvalue weighted by Crippen LogP contribution is -2.30. The van der Waals surface area contributed by atoms with Crippen LogP contribution in [-0.2, 0) is 19.4 Å². The summed E-state index contributed by atoms with van der Waals surface area (Å²) in [7, 11) is 0. The fourth-order valence-corrected chi connectivity index (χ4v) is 3.77. The number of carbonyl (C=O) groups is 1. The molecule has 4 rings (SSSR count). The van der Waals surface area contributed by atoms with Crippen molar-refractivity contribution in [1.29, 1.82) is 0 Å². The van der Waals surface area contributed by atoms with Gasteiger partial charge in [-0.05, 0) is 47.7 Å². The second-order valence-electron chi connectivity index (χ2n) is 7.42. The van der Waals surface area contributed by atoms with E-state index in [0.29, 0.717) is 18.5 Å². The number of non-ortho nitro benzene ring substituents is 1. The molecular formula is C24H23N3O3. The zero-order valence-electron chi connectivity index (χ0n) is 16.6. The summed E-state index contributed by atoms with van der Waals surface area (Å²) in [5.74, 6) is -0.303. The van der Waals surface area contributed by atoms with Crippen LogP contribution in [0.5, 0.6) is 0 Å². The van der Waals surface area contributed by atoms with Crippen molar-refractivity contribution in [3.8, 4) is 0 Å². The number of nitro groups is 1. The number of hydrogen-bond acceptors (Lipinski definition) is 4. The molecule has 0 aromatic heterocycles. The van der Waals surface area contributed by atoms with Crippen molar-refractivity contribution in [2.24, 2.45) is 0 Å². The summed E-state index contributed by atoms with van der Waals surface area (Å²) in [6, 6.07) is 22.8. The largest absolute Gasteiger partial charge is 0.367 e. The van der Waals surface area contributed by atoms with E-state index in [4.69, 9.17) is 0 Å². The van der Waals surface area contributed by atoms with E-state index in [-0.39, 0.29) is 11.6 Å². The maximum atomic E-state index is 12.2. The molecule has 6 heteroatoms. The number of nitrogens with zero attached hydrogens (tertiary/aromatic N) is 2. The standard InChI is InChI=1S/C24H23N3O3/c28-24(20-6-3-7-23(16-20)27(29)30)25-14-12-18-8-10-22(11-9-18)26-15-13-19-4-1-2-5-21(19)17-26/h1-11,16H,12-15,17H2,(H,25,28). The third-order valence-electron chi connectivity index (χ3n) is 5.45.